The molecule has 0 saturated carbocycles. The van der Waals surface area contributed by atoms with Crippen LogP contribution in [0.4, 0.5) is 41.9 Å². The van der Waals surface area contributed by atoms with Crippen LogP contribution in [-0.4, -0.2) is 303 Å². The standard InChI is InChI=1S/C16H29NO4.C13H26N2O4.C12H25N2O4.C11H21NO4.C11H21NO3.C11H21NO2.C10H19NO4.C2HF3O2.C2H7NO.ClH.Li/c1-9-20-14(18)12(4)10-13(11(2)3)17(8)15(19)21-16(5,6)7;1-9(2)10(11(16)15(7)18-8)14(6)12(17)19-13(3,4)5;1-8(2)9(10(15)13-17-7)14(6)11(16)18-12(3,4)5;1-7(2)8(9(13)14)12(6)10(15)16-11(3,4)5;1-8(2)9(7-13)12(6)10(14)15-11(3,4)5;1-6-14-11(13)9(4)7-10(12-5)8(2)3;1-6(2)7(8(12)13)11-9(14)15-10(3,4)5;3-2(4,5)1(6)7;1-3-4-2;;/h10-11,13H,9H2,1-8H3;9-10H,1-8H3;8-10,13H,1-7H3;7-8H,1-6H3,(H,13,14);7-9H,1-6H3;7-8,10,12H,6H2,1-5H3;6-7H,1-5H3,(H,11,14)(H,12,13);(H,6,7);3H,1-2H3;1H;/q;;-1;;;;;;;;+1/b12-10+;;;;;9-7+;;;;;/t13-;10-;9-,10?;8-;9-;10-;7-;;;;/m1000110..../s1. The summed E-state index contributed by atoms with van der Waals surface area (Å²) in [6.45, 7) is 66.1. The van der Waals surface area contributed by atoms with Crippen LogP contribution in [0.2, 0.25) is 0 Å². The minimum atomic E-state index is -5.08. The maximum Gasteiger partial charge on any atom is 1.00 e. The van der Waals surface area contributed by atoms with Crippen molar-refractivity contribution in [3.63, 3.8) is 0 Å². The van der Waals surface area contributed by atoms with E-state index < -0.39 is 131 Å². The maximum atomic E-state index is 12.2. The average Bonchev–Trinajstić information content (AvgIpc) is 0.844. The molecule has 1 unspecified atom stereocenters. The summed E-state index contributed by atoms with van der Waals surface area (Å²) in [4.78, 5) is 168. The molecule has 43 heteroatoms. The van der Waals surface area contributed by atoms with Crippen molar-refractivity contribution < 1.29 is 167 Å². The third-order valence-electron chi connectivity index (χ3n) is 15.8. The van der Waals surface area contributed by atoms with E-state index in [-0.39, 0.29) is 96.7 Å². The van der Waals surface area contributed by atoms with Crippen LogP contribution in [0.25, 0.3) is 0 Å². The van der Waals surface area contributed by atoms with Gasteiger partial charge >= 0.3 is 91.4 Å². The van der Waals surface area contributed by atoms with Gasteiger partial charge in [-0.15, -0.1) is 12.4 Å². The third-order valence-corrected chi connectivity index (χ3v) is 15.8. The summed E-state index contributed by atoms with van der Waals surface area (Å²) in [5.41, 5.74) is 2.41. The molecule has 0 fully saturated rings. The van der Waals surface area contributed by atoms with E-state index in [2.05, 4.69) is 45.1 Å². The summed E-state index contributed by atoms with van der Waals surface area (Å²) in [6, 6.07) is -3.40. The molecular weight excluding hydrogens is 1740 g/mol. The van der Waals surface area contributed by atoms with Gasteiger partial charge in [-0.2, -0.15) is 13.2 Å². The number of nitrogens with zero attached hydrogens (tertiary/aromatic N) is 6. The second-order valence-corrected chi connectivity index (χ2v) is 37.4. The molecular formula is C88H171ClF3LiN10O28. The zero-order valence-corrected chi connectivity index (χ0v) is 88.9. The number of alkyl halides is 3. The summed E-state index contributed by atoms with van der Waals surface area (Å²) >= 11 is 0. The van der Waals surface area contributed by atoms with Gasteiger partial charge in [-0.25, -0.2) is 68.8 Å². The molecule has 8 atom stereocenters. The predicted molar refractivity (Wildman–Crippen MR) is 492 cm³/mol. The van der Waals surface area contributed by atoms with Gasteiger partial charge in [-0.3, -0.25) is 19.4 Å². The van der Waals surface area contributed by atoms with Crippen LogP contribution < -0.4 is 45.6 Å². The van der Waals surface area contributed by atoms with Gasteiger partial charge in [-0.05, 0) is 207 Å². The number of nitrogens with one attached hydrogen (secondary N) is 4. The Bertz CT molecular complexity index is 3320. The van der Waals surface area contributed by atoms with Gasteiger partial charge in [-0.1, -0.05) is 109 Å². The molecule has 0 aromatic rings. The largest absolute Gasteiger partial charge is 1.00 e. The smallest absolute Gasteiger partial charge is 0.838 e. The second kappa shape index (κ2) is 70.6. The Morgan fingerprint density at radius 3 is 0.947 bits per heavy atom. The number of carbonyl (C=O) groups excluding carboxylic acids is 10. The molecule has 38 nitrogen and oxygen atoms in total. The molecule has 0 aliphatic rings. The Morgan fingerprint density at radius 1 is 0.427 bits per heavy atom. The fourth-order valence-electron chi connectivity index (χ4n) is 9.68. The number of amides is 7. The van der Waals surface area contributed by atoms with E-state index in [4.69, 9.17) is 62.8 Å². The van der Waals surface area contributed by atoms with E-state index in [1.54, 1.807) is 201 Å². The van der Waals surface area contributed by atoms with Gasteiger partial charge in [0.2, 0.25) is 0 Å². The summed E-state index contributed by atoms with van der Waals surface area (Å²) in [5.74, 6) is -5.46. The number of rotatable bonds is 29. The Balaban J connectivity index is -0.000000140. The number of hydrogen-bond acceptors (Lipinski definition) is 28. The molecule has 7 N–H and O–H groups in total. The number of aldehydes is 1. The van der Waals surface area contributed by atoms with Gasteiger partial charge < -0.3 is 98.1 Å². The second-order valence-electron chi connectivity index (χ2n) is 37.4. The Morgan fingerprint density at radius 2 is 0.725 bits per heavy atom. The van der Waals surface area contributed by atoms with Crippen molar-refractivity contribution >= 4 is 91.0 Å². The number of carboxylic acid groups (broad SMARTS) is 3. The molecule has 0 heterocycles. The van der Waals surface area contributed by atoms with Crippen molar-refractivity contribution in [2.24, 2.45) is 41.4 Å². The molecule has 0 saturated heterocycles. The summed E-state index contributed by atoms with van der Waals surface area (Å²) < 4.78 is 72.7. The predicted octanol–water partition coefficient (Wildman–Crippen LogP) is 11.2. The first-order valence-electron chi connectivity index (χ1n) is 42.2. The minimum Gasteiger partial charge on any atom is -0.838 e. The fraction of sp³-hybridized carbons (Fsp3) is 0.807. The van der Waals surface area contributed by atoms with Crippen molar-refractivity contribution in [3.8, 4) is 0 Å². The summed E-state index contributed by atoms with van der Waals surface area (Å²) in [6.07, 6.45) is -5.10. The Hall–Kier alpha value is -8.01. The minimum absolute atomic E-state index is 0. The van der Waals surface area contributed by atoms with Crippen molar-refractivity contribution in [3.05, 3.63) is 23.3 Å². The average molecular weight is 1920 g/mol. The van der Waals surface area contributed by atoms with E-state index in [9.17, 15) is 75.8 Å². The summed E-state index contributed by atoms with van der Waals surface area (Å²) in [7, 11) is 17.3. The van der Waals surface area contributed by atoms with Crippen molar-refractivity contribution in [1.82, 2.24) is 51.2 Å². The Kier molecular flexibility index (Phi) is 78.7. The van der Waals surface area contributed by atoms with Crippen LogP contribution >= 0.6 is 12.4 Å². The number of esters is 2. The van der Waals surface area contributed by atoms with Crippen LogP contribution in [0.15, 0.2) is 23.3 Å². The molecule has 7 amide bonds. The maximum absolute atomic E-state index is 12.2. The zero-order chi connectivity index (χ0) is 105. The molecule has 0 aliphatic carbocycles. The van der Waals surface area contributed by atoms with Gasteiger partial charge in [0, 0.05) is 72.6 Å². The number of carbonyl (C=O) groups is 13. The topological polar surface area (TPSA) is 475 Å². The number of alkyl carbamates (subject to hydrolysis) is 1. The van der Waals surface area contributed by atoms with E-state index >= 15 is 0 Å². The molecule has 0 aliphatic heterocycles. The molecule has 0 aromatic heterocycles. The van der Waals surface area contributed by atoms with Gasteiger partial charge in [0.1, 0.15) is 58.0 Å². The monoisotopic (exact) mass is 1920 g/mol. The van der Waals surface area contributed by atoms with E-state index in [0.717, 1.165) is 16.2 Å². The van der Waals surface area contributed by atoms with Gasteiger partial charge in [0.15, 0.2) is 0 Å². The number of ether oxygens (including phenoxy) is 8. The molecule has 0 radical (unpaired) electrons. The molecule has 0 rings (SSSR count). The molecule has 770 valence electrons. The van der Waals surface area contributed by atoms with Crippen LogP contribution in [0, 0.1) is 41.4 Å². The molecule has 0 bridgehead atoms. The fourth-order valence-corrected chi connectivity index (χ4v) is 9.68. The Labute approximate surface area is 798 Å². The van der Waals surface area contributed by atoms with Crippen molar-refractivity contribution in [2.45, 2.75) is 338 Å². The molecule has 0 aromatic carbocycles. The first-order chi connectivity index (χ1) is 57.9. The van der Waals surface area contributed by atoms with Crippen molar-refractivity contribution in [2.75, 3.05) is 90.9 Å². The molecule has 0 spiro atoms. The number of halogens is 4. The SMILES string of the molecule is CC(C)[C@@H](C(=O)O)N(C)C(=O)OC(C)(C)C.CC(C)[C@@H](C=O)N(C)C(=O)OC(C)(C)C.CC(C)[C@H](NC(=O)OC(C)(C)C)C(=O)O.CCOC(=O)/C(C)=C/[C@@H](NC)C(C)C.CCOC(=O)/C(C)=C/[C@H](C(C)C)N(C)C(=O)OC(C)(C)C.CNOC.CON(C)C(=O)[C@H](C(C)C)N(C)C(=O)OC(C)(C)C.CONC([O-])[C@H](C(C)C)N(C)C(=O)OC(C)(C)C.Cl.O=C(O)C(F)(F)F.[Li+]. The first kappa shape index (κ1) is 146. The quantitative estimate of drug-likeness (QED) is 0.00695. The number of likely N-dealkylation sites (N-methyl/N-ethyl adjacent to an activating group) is 7. The van der Waals surface area contributed by atoms with Crippen LogP contribution in [0.1, 0.15) is 249 Å². The van der Waals surface area contributed by atoms with Crippen molar-refractivity contribution in [1.29, 1.82) is 0 Å². The number of carboxylic acids is 3. The summed E-state index contributed by atoms with van der Waals surface area (Å²) in [5, 5.41) is 43.4. The van der Waals surface area contributed by atoms with Crippen LogP contribution in [0.5, 0.6) is 0 Å². The first-order valence-corrected chi connectivity index (χ1v) is 42.2. The number of hydroxylamine groups is 4. The normalized spacial score (nSPS) is 13.3. The van der Waals surface area contributed by atoms with Gasteiger partial charge in [0.05, 0.1) is 46.6 Å². The van der Waals surface area contributed by atoms with Crippen LogP contribution in [-0.2, 0) is 86.0 Å². The zero-order valence-electron chi connectivity index (χ0n) is 88.1. The van der Waals surface area contributed by atoms with E-state index in [1.165, 1.54) is 47.9 Å². The molecule has 131 heavy (non-hydrogen) atoms. The number of hydrogen-bond donors (Lipinski definition) is 7. The van der Waals surface area contributed by atoms with E-state index in [1.807, 2.05) is 96.2 Å². The van der Waals surface area contributed by atoms with Crippen LogP contribution in [0.3, 0.4) is 0 Å². The van der Waals surface area contributed by atoms with E-state index in [0.29, 0.717) is 30.3 Å². The van der Waals surface area contributed by atoms with Gasteiger partial charge in [0.25, 0.3) is 5.91 Å². The number of aliphatic carboxylic acids is 3. The third kappa shape index (κ3) is 76.0.